The first-order valence-electron chi connectivity index (χ1n) is 10.00. The number of halogens is 1. The predicted molar refractivity (Wildman–Crippen MR) is 109 cm³/mol. The lowest BCUT2D eigenvalue weighted by atomic mass is 9.84. The molecule has 0 spiro atoms. The van der Waals surface area contributed by atoms with Crippen molar-refractivity contribution in [2.75, 3.05) is 13.2 Å². The van der Waals surface area contributed by atoms with E-state index in [4.69, 9.17) is 21.1 Å². The third kappa shape index (κ3) is 3.43. The van der Waals surface area contributed by atoms with Crippen LogP contribution in [0.15, 0.2) is 42.5 Å². The minimum absolute atomic E-state index is 0.150. The predicted octanol–water partition coefficient (Wildman–Crippen LogP) is 4.22. The Balaban J connectivity index is 1.59. The van der Waals surface area contributed by atoms with Gasteiger partial charge in [-0.3, -0.25) is 0 Å². The number of fused-ring (bicyclic) bond motifs is 2. The summed E-state index contributed by atoms with van der Waals surface area (Å²) in [4.78, 5) is 0. The van der Waals surface area contributed by atoms with E-state index < -0.39 is 17.3 Å². The highest BCUT2D eigenvalue weighted by atomic mass is 35.5. The molecule has 2 N–H and O–H groups in total. The number of hydrogen-bond acceptors (Lipinski definition) is 4. The molecule has 4 nitrogen and oxygen atoms in total. The average Bonchev–Trinajstić information content (AvgIpc) is 3.05. The smallest absolute Gasteiger partial charge is 0.119 e. The van der Waals surface area contributed by atoms with Crippen molar-refractivity contribution in [3.63, 3.8) is 0 Å². The zero-order chi connectivity index (χ0) is 19.8. The fourth-order valence-electron chi connectivity index (χ4n) is 4.60. The quantitative estimate of drug-likeness (QED) is 0.759. The molecule has 0 amide bonds. The van der Waals surface area contributed by atoms with E-state index in [1.54, 1.807) is 0 Å². The van der Waals surface area contributed by atoms with E-state index in [0.717, 1.165) is 46.7 Å². The van der Waals surface area contributed by atoms with Gasteiger partial charge >= 0.3 is 0 Å². The van der Waals surface area contributed by atoms with Crippen molar-refractivity contribution in [2.45, 2.75) is 56.3 Å². The van der Waals surface area contributed by atoms with Crippen molar-refractivity contribution < 1.29 is 19.7 Å². The van der Waals surface area contributed by atoms with Gasteiger partial charge in [0.1, 0.15) is 11.4 Å². The van der Waals surface area contributed by atoms with E-state index in [0.29, 0.717) is 19.4 Å². The Bertz CT molecular complexity index is 837. The van der Waals surface area contributed by atoms with Crippen molar-refractivity contribution in [3.05, 3.63) is 64.2 Å². The van der Waals surface area contributed by atoms with Gasteiger partial charge in [0.05, 0.1) is 24.9 Å². The Morgan fingerprint density at radius 3 is 2.64 bits per heavy atom. The summed E-state index contributed by atoms with van der Waals surface area (Å²) in [5.41, 5.74) is 2.03. The number of benzene rings is 2. The number of hydrogen-bond donors (Lipinski definition) is 2. The third-order valence-corrected chi connectivity index (χ3v) is 6.62. The molecule has 2 saturated heterocycles. The lowest BCUT2D eigenvalue weighted by Gasteiger charge is -2.43. The number of ether oxygens (including phenoxy) is 2. The van der Waals surface area contributed by atoms with Crippen molar-refractivity contribution >= 4 is 11.6 Å². The second-order valence-corrected chi connectivity index (χ2v) is 8.34. The maximum Gasteiger partial charge on any atom is 0.119 e. The summed E-state index contributed by atoms with van der Waals surface area (Å²) in [6.45, 7) is 2.47. The van der Waals surface area contributed by atoms with Crippen molar-refractivity contribution in [3.8, 4) is 5.75 Å². The minimum atomic E-state index is -0.826. The van der Waals surface area contributed by atoms with Crippen LogP contribution >= 0.6 is 11.6 Å². The molecule has 5 heteroatoms. The van der Waals surface area contributed by atoms with E-state index in [-0.39, 0.29) is 6.61 Å². The Morgan fingerprint density at radius 2 is 1.93 bits per heavy atom. The second-order valence-electron chi connectivity index (χ2n) is 7.93. The van der Waals surface area contributed by atoms with Gasteiger partial charge in [-0.2, -0.15) is 0 Å². The largest absolute Gasteiger partial charge is 0.494 e. The molecular weight excluding hydrogens is 376 g/mol. The van der Waals surface area contributed by atoms with E-state index >= 15 is 0 Å². The molecule has 2 aromatic rings. The summed E-state index contributed by atoms with van der Waals surface area (Å²) >= 11 is 6.50. The molecule has 2 aliphatic heterocycles. The fourth-order valence-corrected chi connectivity index (χ4v) is 4.78. The molecule has 4 rings (SSSR count). The highest BCUT2D eigenvalue weighted by Gasteiger charge is 2.57. The standard InChI is InChI=1S/C23H27ClO4/c1-2-27-19-6-3-16(4-7-19)13-17-14-18(5-8-20(17)24)22-10-9-21(26)23(15-25,28-22)12-11-22/h3-8,14,21,25-26H,2,9-13,15H2,1H3/t21-,22-,23+/m0/s1. The van der Waals surface area contributed by atoms with Gasteiger partial charge in [-0.1, -0.05) is 35.9 Å². The Kier molecular flexibility index (Phi) is 5.41. The zero-order valence-electron chi connectivity index (χ0n) is 16.2. The molecule has 0 aliphatic carbocycles. The molecule has 0 unspecified atom stereocenters. The first kappa shape index (κ1) is 19.7. The van der Waals surface area contributed by atoms with E-state index in [9.17, 15) is 10.2 Å². The molecule has 150 valence electrons. The first-order valence-corrected chi connectivity index (χ1v) is 10.4. The molecule has 2 fully saturated rings. The zero-order valence-corrected chi connectivity index (χ0v) is 16.9. The molecule has 0 aromatic heterocycles. The second kappa shape index (κ2) is 7.68. The van der Waals surface area contributed by atoms with E-state index in [2.05, 4.69) is 18.2 Å². The third-order valence-electron chi connectivity index (χ3n) is 6.25. The van der Waals surface area contributed by atoms with Gasteiger partial charge in [-0.05, 0) is 73.9 Å². The van der Waals surface area contributed by atoms with Gasteiger partial charge in [0.2, 0.25) is 0 Å². The van der Waals surface area contributed by atoms with Crippen LogP contribution in [0.1, 0.15) is 49.3 Å². The van der Waals surface area contributed by atoms with Gasteiger partial charge in [0, 0.05) is 5.02 Å². The Labute approximate surface area is 171 Å². The summed E-state index contributed by atoms with van der Waals surface area (Å²) in [6, 6.07) is 14.2. The molecule has 28 heavy (non-hydrogen) atoms. The average molecular weight is 403 g/mol. The van der Waals surface area contributed by atoms with Crippen LogP contribution in [0.25, 0.3) is 0 Å². The highest BCUT2D eigenvalue weighted by molar-refractivity contribution is 6.31. The van der Waals surface area contributed by atoms with Crippen LogP contribution < -0.4 is 4.74 Å². The van der Waals surface area contributed by atoms with Crippen LogP contribution in [0, 0.1) is 0 Å². The van der Waals surface area contributed by atoms with Crippen LogP contribution in [0.3, 0.4) is 0 Å². The van der Waals surface area contributed by atoms with Gasteiger partial charge < -0.3 is 19.7 Å². The molecule has 0 radical (unpaired) electrons. The van der Waals surface area contributed by atoms with Gasteiger partial charge in [-0.15, -0.1) is 0 Å². The van der Waals surface area contributed by atoms with Gasteiger partial charge in [0.25, 0.3) is 0 Å². The summed E-state index contributed by atoms with van der Waals surface area (Å²) < 4.78 is 11.9. The lowest BCUT2D eigenvalue weighted by Crippen LogP contribution is -2.51. The number of aliphatic hydroxyl groups excluding tert-OH is 2. The Morgan fingerprint density at radius 1 is 1.14 bits per heavy atom. The van der Waals surface area contributed by atoms with Crippen LogP contribution in [0.4, 0.5) is 0 Å². The number of rotatable bonds is 6. The summed E-state index contributed by atoms with van der Waals surface area (Å²) in [7, 11) is 0. The normalized spacial score (nSPS) is 29.1. The van der Waals surface area contributed by atoms with E-state index in [1.807, 2.05) is 31.2 Å². The van der Waals surface area contributed by atoms with Crippen molar-refractivity contribution in [1.82, 2.24) is 0 Å². The van der Waals surface area contributed by atoms with Gasteiger partial charge in [-0.25, -0.2) is 0 Å². The maximum absolute atomic E-state index is 10.3. The van der Waals surface area contributed by atoms with Crippen LogP contribution in [0.2, 0.25) is 5.02 Å². The first-order chi connectivity index (χ1) is 13.5. The van der Waals surface area contributed by atoms with Crippen molar-refractivity contribution in [2.24, 2.45) is 0 Å². The van der Waals surface area contributed by atoms with Crippen molar-refractivity contribution in [1.29, 1.82) is 0 Å². The molecule has 2 aliphatic rings. The molecular formula is C23H27ClO4. The minimum Gasteiger partial charge on any atom is -0.494 e. The molecule has 2 aromatic carbocycles. The highest BCUT2D eigenvalue weighted by Crippen LogP contribution is 2.53. The summed E-state index contributed by atoms with van der Waals surface area (Å²) in [6.07, 6.45) is 2.97. The Hall–Kier alpha value is -1.59. The molecule has 2 bridgehead atoms. The fraction of sp³-hybridized carbons (Fsp3) is 0.478. The maximum atomic E-state index is 10.3. The molecule has 2 heterocycles. The van der Waals surface area contributed by atoms with Gasteiger partial charge in [0.15, 0.2) is 0 Å². The lowest BCUT2D eigenvalue weighted by molar-refractivity contribution is -0.211. The summed E-state index contributed by atoms with van der Waals surface area (Å²) in [5.74, 6) is 0.866. The monoisotopic (exact) mass is 402 g/mol. The van der Waals surface area contributed by atoms with Crippen LogP contribution in [-0.4, -0.2) is 35.1 Å². The van der Waals surface area contributed by atoms with E-state index in [1.165, 1.54) is 0 Å². The number of aliphatic hydroxyl groups is 2. The topological polar surface area (TPSA) is 58.9 Å². The van der Waals surface area contributed by atoms with Crippen LogP contribution in [-0.2, 0) is 16.8 Å². The SMILES string of the molecule is CCOc1ccc(Cc2cc([C@]34CC[C@H](O)[C@](CO)(CC3)O4)ccc2Cl)cc1. The molecule has 0 saturated carbocycles. The van der Waals surface area contributed by atoms with Crippen LogP contribution in [0.5, 0.6) is 5.75 Å². The summed E-state index contributed by atoms with van der Waals surface area (Å²) in [5, 5.41) is 20.9. The molecule has 3 atom stereocenters.